The van der Waals surface area contributed by atoms with Gasteiger partial charge in [0, 0.05) is 18.7 Å². The van der Waals surface area contributed by atoms with E-state index in [2.05, 4.69) is 4.72 Å². The van der Waals surface area contributed by atoms with Gasteiger partial charge in [0.25, 0.3) is 0 Å². The normalized spacial score (nSPS) is 11.4. The van der Waals surface area contributed by atoms with E-state index in [0.29, 0.717) is 24.3 Å². The first-order valence-corrected chi connectivity index (χ1v) is 8.35. The number of nitrogen functional groups attached to an aromatic ring is 1. The van der Waals surface area contributed by atoms with E-state index in [4.69, 9.17) is 22.1 Å². The van der Waals surface area contributed by atoms with Crippen molar-refractivity contribution in [3.05, 3.63) is 22.7 Å². The smallest absolute Gasteiger partial charge is 0.305 e. The van der Waals surface area contributed by atoms with Gasteiger partial charge in [0.1, 0.15) is 4.90 Å². The Bertz CT molecular complexity index is 617. The number of anilines is 1. The molecular weight excluding hydrogens is 316 g/mol. The summed E-state index contributed by atoms with van der Waals surface area (Å²) in [5.74, 6) is -0.352. The van der Waals surface area contributed by atoms with Crippen LogP contribution in [-0.2, 0) is 19.6 Å². The summed E-state index contributed by atoms with van der Waals surface area (Å²) in [6.07, 6.45) is 0.497. The summed E-state index contributed by atoms with van der Waals surface area (Å²) >= 11 is 5.94. The molecule has 0 aliphatic carbocycles. The van der Waals surface area contributed by atoms with Gasteiger partial charge in [-0.3, -0.25) is 4.79 Å². The standard InChI is InChI=1S/C13H19ClN2O4S/c1-3-20-13(17)5-4-6-16-21(18,19)12-8-11(15)9(2)7-10(12)14/h7-8,16H,3-6,15H2,1-2H3. The van der Waals surface area contributed by atoms with E-state index in [9.17, 15) is 13.2 Å². The molecule has 118 valence electrons. The van der Waals surface area contributed by atoms with Crippen LogP contribution in [0.15, 0.2) is 17.0 Å². The summed E-state index contributed by atoms with van der Waals surface area (Å²) in [5, 5.41) is 0.111. The van der Waals surface area contributed by atoms with Crippen molar-refractivity contribution in [1.29, 1.82) is 0 Å². The molecule has 0 aliphatic rings. The van der Waals surface area contributed by atoms with E-state index in [1.54, 1.807) is 13.8 Å². The minimum absolute atomic E-state index is 0.0663. The summed E-state index contributed by atoms with van der Waals surface area (Å²) in [5.41, 5.74) is 6.76. The van der Waals surface area contributed by atoms with Gasteiger partial charge in [-0.2, -0.15) is 0 Å². The van der Waals surface area contributed by atoms with Crippen LogP contribution >= 0.6 is 11.6 Å². The minimum atomic E-state index is -3.75. The molecule has 0 atom stereocenters. The number of nitrogens with one attached hydrogen (secondary N) is 1. The predicted octanol–water partition coefficient (Wildman–Crippen LogP) is 1.85. The lowest BCUT2D eigenvalue weighted by Gasteiger charge is -2.10. The Morgan fingerprint density at radius 3 is 2.71 bits per heavy atom. The number of sulfonamides is 1. The molecule has 0 fully saturated rings. The monoisotopic (exact) mass is 334 g/mol. The van der Waals surface area contributed by atoms with E-state index < -0.39 is 10.0 Å². The van der Waals surface area contributed by atoms with Gasteiger partial charge in [-0.1, -0.05) is 11.6 Å². The lowest BCUT2D eigenvalue weighted by atomic mass is 10.2. The average Bonchev–Trinajstić information content (AvgIpc) is 2.39. The van der Waals surface area contributed by atoms with Gasteiger partial charge in [-0.05, 0) is 38.0 Å². The largest absolute Gasteiger partial charge is 0.466 e. The lowest BCUT2D eigenvalue weighted by Crippen LogP contribution is -2.26. The maximum Gasteiger partial charge on any atom is 0.305 e. The highest BCUT2D eigenvalue weighted by molar-refractivity contribution is 7.89. The summed E-state index contributed by atoms with van der Waals surface area (Å²) in [4.78, 5) is 11.1. The van der Waals surface area contributed by atoms with Crippen LogP contribution in [0.1, 0.15) is 25.3 Å². The molecule has 21 heavy (non-hydrogen) atoms. The number of nitrogens with two attached hydrogens (primary N) is 1. The fraction of sp³-hybridized carbons (Fsp3) is 0.462. The summed E-state index contributed by atoms with van der Waals surface area (Å²) < 4.78 is 31.4. The molecule has 3 N–H and O–H groups in total. The van der Waals surface area contributed by atoms with Crippen LogP contribution in [0.25, 0.3) is 0 Å². The number of rotatable bonds is 7. The molecule has 0 unspecified atom stereocenters. The fourth-order valence-corrected chi connectivity index (χ4v) is 3.31. The fourth-order valence-electron chi connectivity index (χ4n) is 1.62. The average molecular weight is 335 g/mol. The number of benzene rings is 1. The molecule has 1 aromatic carbocycles. The molecule has 0 aromatic heterocycles. The highest BCUT2D eigenvalue weighted by atomic mass is 35.5. The van der Waals surface area contributed by atoms with Crippen LogP contribution in [0.2, 0.25) is 5.02 Å². The first kappa shape index (κ1) is 17.7. The molecule has 1 rings (SSSR count). The number of carbonyl (C=O) groups excluding carboxylic acids is 1. The number of halogens is 1. The Hall–Kier alpha value is -1.31. The van der Waals surface area contributed by atoms with Crippen LogP contribution in [0, 0.1) is 6.92 Å². The molecule has 0 heterocycles. The third-order valence-corrected chi connectivity index (χ3v) is 4.69. The zero-order valence-electron chi connectivity index (χ0n) is 12.0. The molecule has 0 radical (unpaired) electrons. The summed E-state index contributed by atoms with van der Waals surface area (Å²) in [6, 6.07) is 2.83. The van der Waals surface area contributed by atoms with Crippen molar-refractivity contribution in [3.63, 3.8) is 0 Å². The van der Waals surface area contributed by atoms with E-state index in [1.165, 1.54) is 12.1 Å². The topological polar surface area (TPSA) is 98.5 Å². The van der Waals surface area contributed by atoms with Crippen LogP contribution in [-0.4, -0.2) is 27.5 Å². The Morgan fingerprint density at radius 2 is 2.10 bits per heavy atom. The predicted molar refractivity (Wildman–Crippen MR) is 81.7 cm³/mol. The summed E-state index contributed by atoms with van der Waals surface area (Å²) in [6.45, 7) is 3.88. The van der Waals surface area contributed by atoms with Crippen molar-refractivity contribution < 1.29 is 17.9 Å². The number of ether oxygens (including phenoxy) is 1. The van der Waals surface area contributed by atoms with Crippen molar-refractivity contribution >= 4 is 33.3 Å². The summed E-state index contributed by atoms with van der Waals surface area (Å²) in [7, 11) is -3.75. The molecule has 8 heteroatoms. The molecule has 0 saturated carbocycles. The van der Waals surface area contributed by atoms with Crippen molar-refractivity contribution in [2.24, 2.45) is 0 Å². The second-order valence-corrected chi connectivity index (χ2v) is 6.59. The molecular formula is C13H19ClN2O4S. The highest BCUT2D eigenvalue weighted by Gasteiger charge is 2.18. The molecule has 0 aliphatic heterocycles. The van der Waals surface area contributed by atoms with Crippen molar-refractivity contribution in [2.45, 2.75) is 31.6 Å². The third kappa shape index (κ3) is 5.18. The number of aryl methyl sites for hydroxylation is 1. The van der Waals surface area contributed by atoms with Gasteiger partial charge in [-0.25, -0.2) is 13.1 Å². The van der Waals surface area contributed by atoms with Gasteiger partial charge < -0.3 is 10.5 Å². The maximum atomic E-state index is 12.1. The second-order valence-electron chi connectivity index (χ2n) is 4.45. The van der Waals surface area contributed by atoms with Crippen LogP contribution < -0.4 is 10.5 Å². The Balaban J connectivity index is 2.66. The molecule has 0 spiro atoms. The first-order valence-electron chi connectivity index (χ1n) is 6.49. The minimum Gasteiger partial charge on any atom is -0.466 e. The molecule has 0 amide bonds. The quantitative estimate of drug-likeness (QED) is 0.450. The van der Waals surface area contributed by atoms with Gasteiger partial charge in [-0.15, -0.1) is 0 Å². The maximum absolute atomic E-state index is 12.1. The van der Waals surface area contributed by atoms with Gasteiger partial charge in [0.15, 0.2) is 0 Å². The van der Waals surface area contributed by atoms with Crippen molar-refractivity contribution in [1.82, 2.24) is 4.72 Å². The van der Waals surface area contributed by atoms with Crippen LogP contribution in [0.3, 0.4) is 0 Å². The Labute approximate surface area is 129 Å². The van der Waals surface area contributed by atoms with E-state index in [0.717, 1.165) is 0 Å². The van der Waals surface area contributed by atoms with E-state index >= 15 is 0 Å². The van der Waals surface area contributed by atoms with Crippen LogP contribution in [0.4, 0.5) is 5.69 Å². The number of carbonyl (C=O) groups is 1. The van der Waals surface area contributed by atoms with Gasteiger partial charge in [0.05, 0.1) is 11.6 Å². The molecule has 0 bridgehead atoms. The lowest BCUT2D eigenvalue weighted by molar-refractivity contribution is -0.143. The zero-order valence-corrected chi connectivity index (χ0v) is 13.6. The third-order valence-electron chi connectivity index (χ3n) is 2.77. The first-order chi connectivity index (χ1) is 9.77. The molecule has 6 nitrogen and oxygen atoms in total. The highest BCUT2D eigenvalue weighted by Crippen LogP contribution is 2.26. The Kier molecular flexibility index (Phi) is 6.44. The van der Waals surface area contributed by atoms with Crippen molar-refractivity contribution in [2.75, 3.05) is 18.9 Å². The molecule has 0 saturated heterocycles. The molecule has 1 aromatic rings. The van der Waals surface area contributed by atoms with Gasteiger partial charge >= 0.3 is 5.97 Å². The van der Waals surface area contributed by atoms with E-state index in [1.807, 2.05) is 0 Å². The number of hydrogen-bond donors (Lipinski definition) is 2. The van der Waals surface area contributed by atoms with Crippen LogP contribution in [0.5, 0.6) is 0 Å². The van der Waals surface area contributed by atoms with Crippen molar-refractivity contribution in [3.8, 4) is 0 Å². The number of esters is 1. The van der Waals surface area contributed by atoms with Gasteiger partial charge in [0.2, 0.25) is 10.0 Å². The Morgan fingerprint density at radius 1 is 1.43 bits per heavy atom. The second kappa shape index (κ2) is 7.63. The number of hydrogen-bond acceptors (Lipinski definition) is 5. The SMILES string of the molecule is CCOC(=O)CCCNS(=O)(=O)c1cc(N)c(C)cc1Cl. The zero-order chi connectivity index (χ0) is 16.0. The van der Waals surface area contributed by atoms with E-state index in [-0.39, 0.29) is 28.9 Å².